The molecule has 1 aliphatic rings. The zero-order valence-corrected chi connectivity index (χ0v) is 13.5. The molecule has 1 aromatic carbocycles. The molecule has 0 aliphatic carbocycles. The van der Waals surface area contributed by atoms with Gasteiger partial charge in [0.1, 0.15) is 17.1 Å². The highest BCUT2D eigenvalue weighted by molar-refractivity contribution is 5.99. The van der Waals surface area contributed by atoms with Crippen LogP contribution in [0.1, 0.15) is 34.4 Å². The highest BCUT2D eigenvalue weighted by Crippen LogP contribution is 2.31. The van der Waals surface area contributed by atoms with Crippen molar-refractivity contribution in [1.82, 2.24) is 0 Å². The van der Waals surface area contributed by atoms with E-state index in [1.165, 1.54) is 0 Å². The first-order valence-electron chi connectivity index (χ1n) is 7.61. The third-order valence-corrected chi connectivity index (χ3v) is 4.06. The molecular weight excluding hydrogens is 294 g/mol. The molecule has 2 heterocycles. The Hall–Kier alpha value is -2.56. The number of fused-ring (bicyclic) bond motifs is 1. The van der Waals surface area contributed by atoms with E-state index < -0.39 is 5.97 Å². The number of ether oxygens (including phenoxy) is 1. The van der Waals surface area contributed by atoms with Gasteiger partial charge in [-0.3, -0.25) is 4.79 Å². The predicted octanol–water partition coefficient (Wildman–Crippen LogP) is 3.03. The smallest absolute Gasteiger partial charge is 0.342 e. The molecule has 0 fully saturated rings. The molecule has 0 spiro atoms. The Bertz CT molecular complexity index is 762. The third-order valence-electron chi connectivity index (χ3n) is 4.06. The van der Waals surface area contributed by atoms with Crippen molar-refractivity contribution < 1.29 is 18.7 Å². The van der Waals surface area contributed by atoms with Gasteiger partial charge in [0.25, 0.3) is 5.91 Å². The van der Waals surface area contributed by atoms with Crippen molar-refractivity contribution in [1.29, 1.82) is 0 Å². The van der Waals surface area contributed by atoms with Gasteiger partial charge in [0.15, 0.2) is 6.61 Å². The number of benzene rings is 1. The lowest BCUT2D eigenvalue weighted by atomic mass is 10.1. The van der Waals surface area contributed by atoms with Crippen LogP contribution >= 0.6 is 0 Å². The number of anilines is 1. The predicted molar refractivity (Wildman–Crippen MR) is 85.6 cm³/mol. The molecule has 0 saturated heterocycles. The molecule has 0 saturated carbocycles. The molecule has 5 heteroatoms. The first-order valence-corrected chi connectivity index (χ1v) is 7.61. The number of aryl methyl sites for hydroxylation is 2. The largest absolute Gasteiger partial charge is 0.466 e. The van der Waals surface area contributed by atoms with Gasteiger partial charge in [0.2, 0.25) is 0 Å². The minimum Gasteiger partial charge on any atom is -0.466 e. The molecular formula is C18H19NO4. The fourth-order valence-electron chi connectivity index (χ4n) is 3.05. The lowest BCUT2D eigenvalue weighted by Gasteiger charge is -2.22. The van der Waals surface area contributed by atoms with Crippen LogP contribution in [-0.2, 0) is 16.0 Å². The number of hydrogen-bond donors (Lipinski definition) is 0. The zero-order valence-electron chi connectivity index (χ0n) is 13.5. The van der Waals surface area contributed by atoms with E-state index >= 15 is 0 Å². The summed E-state index contributed by atoms with van der Waals surface area (Å²) in [6, 6.07) is 9.49. The van der Waals surface area contributed by atoms with Crippen molar-refractivity contribution in [3.8, 4) is 0 Å². The first-order chi connectivity index (χ1) is 11.0. The van der Waals surface area contributed by atoms with E-state index in [-0.39, 0.29) is 18.6 Å². The van der Waals surface area contributed by atoms with E-state index in [4.69, 9.17) is 9.15 Å². The molecule has 0 N–H and O–H groups in total. The number of nitrogens with zero attached hydrogens (tertiary/aromatic N) is 1. The van der Waals surface area contributed by atoms with Gasteiger partial charge in [0.05, 0.1) is 0 Å². The van der Waals surface area contributed by atoms with Gasteiger partial charge in [-0.05, 0) is 44.9 Å². The number of hydrogen-bond acceptors (Lipinski definition) is 4. The standard InChI is InChI=1S/C18H19NO4/c1-11-8-14-6-4-5-7-16(14)19(11)17(20)10-22-18(21)15-9-12(2)23-13(15)3/h4-7,9,11H,8,10H2,1-3H3/t11-/m1/s1. The maximum absolute atomic E-state index is 12.5. The summed E-state index contributed by atoms with van der Waals surface area (Å²) in [5, 5.41) is 0. The maximum atomic E-state index is 12.5. The van der Waals surface area contributed by atoms with Gasteiger partial charge in [-0.1, -0.05) is 18.2 Å². The minimum atomic E-state index is -0.534. The molecule has 1 aliphatic heterocycles. The van der Waals surface area contributed by atoms with Gasteiger partial charge in [0, 0.05) is 11.7 Å². The number of amides is 1. The highest BCUT2D eigenvalue weighted by Gasteiger charge is 2.31. The van der Waals surface area contributed by atoms with Crippen LogP contribution in [0.25, 0.3) is 0 Å². The Labute approximate surface area is 134 Å². The van der Waals surface area contributed by atoms with Gasteiger partial charge in [-0.15, -0.1) is 0 Å². The summed E-state index contributed by atoms with van der Waals surface area (Å²) in [5.41, 5.74) is 2.41. The number of carbonyl (C=O) groups is 2. The van der Waals surface area contributed by atoms with E-state index in [1.807, 2.05) is 31.2 Å². The molecule has 3 rings (SSSR count). The number of furan rings is 1. The quantitative estimate of drug-likeness (QED) is 0.817. The van der Waals surface area contributed by atoms with Gasteiger partial charge < -0.3 is 14.1 Å². The monoisotopic (exact) mass is 313 g/mol. The summed E-state index contributed by atoms with van der Waals surface area (Å²) in [6.45, 7) is 5.17. The molecule has 1 aromatic heterocycles. The second-order valence-electron chi connectivity index (χ2n) is 5.85. The molecule has 1 atom stereocenters. The summed E-state index contributed by atoms with van der Waals surface area (Å²) >= 11 is 0. The lowest BCUT2D eigenvalue weighted by molar-refractivity contribution is -0.122. The molecule has 0 bridgehead atoms. The molecule has 120 valence electrons. The van der Waals surface area contributed by atoms with Crippen molar-refractivity contribution in [2.45, 2.75) is 33.2 Å². The van der Waals surface area contributed by atoms with Crippen LogP contribution in [0.3, 0.4) is 0 Å². The second kappa shape index (κ2) is 5.91. The fraction of sp³-hybridized carbons (Fsp3) is 0.333. The van der Waals surface area contributed by atoms with Gasteiger partial charge in [-0.2, -0.15) is 0 Å². The fourth-order valence-corrected chi connectivity index (χ4v) is 3.05. The lowest BCUT2D eigenvalue weighted by Crippen LogP contribution is -2.38. The van der Waals surface area contributed by atoms with Crippen LogP contribution < -0.4 is 4.90 Å². The zero-order chi connectivity index (χ0) is 16.6. The summed E-state index contributed by atoms with van der Waals surface area (Å²) in [7, 11) is 0. The van der Waals surface area contributed by atoms with Crippen LogP contribution in [-0.4, -0.2) is 24.5 Å². The summed E-state index contributed by atoms with van der Waals surface area (Å²) in [5.74, 6) is 0.393. The van der Waals surface area contributed by atoms with E-state index in [0.717, 1.165) is 17.7 Å². The SMILES string of the molecule is Cc1cc(C(=O)OCC(=O)N2c3ccccc3C[C@H]2C)c(C)o1. The van der Waals surface area contributed by atoms with Gasteiger partial charge >= 0.3 is 5.97 Å². The number of para-hydroxylation sites is 1. The summed E-state index contributed by atoms with van der Waals surface area (Å²) in [6.07, 6.45) is 0.815. The Morgan fingerprint density at radius 1 is 1.30 bits per heavy atom. The number of carbonyl (C=O) groups excluding carboxylic acids is 2. The van der Waals surface area contributed by atoms with Crippen LogP contribution in [0.4, 0.5) is 5.69 Å². The van der Waals surface area contributed by atoms with E-state index in [9.17, 15) is 9.59 Å². The van der Waals surface area contributed by atoms with Crippen molar-refractivity contribution in [2.75, 3.05) is 11.5 Å². The van der Waals surface area contributed by atoms with Crippen LogP contribution in [0.15, 0.2) is 34.7 Å². The molecule has 1 amide bonds. The van der Waals surface area contributed by atoms with E-state index in [2.05, 4.69) is 0 Å². The minimum absolute atomic E-state index is 0.0662. The first kappa shape index (κ1) is 15.3. The van der Waals surface area contributed by atoms with E-state index in [0.29, 0.717) is 17.1 Å². The average molecular weight is 313 g/mol. The third kappa shape index (κ3) is 2.86. The molecule has 0 radical (unpaired) electrons. The highest BCUT2D eigenvalue weighted by atomic mass is 16.5. The Balaban J connectivity index is 1.68. The van der Waals surface area contributed by atoms with Crippen LogP contribution in [0.2, 0.25) is 0 Å². The summed E-state index contributed by atoms with van der Waals surface area (Å²) in [4.78, 5) is 26.2. The van der Waals surface area contributed by atoms with Crippen molar-refractivity contribution >= 4 is 17.6 Å². The van der Waals surface area contributed by atoms with Crippen molar-refractivity contribution in [2.24, 2.45) is 0 Å². The Morgan fingerprint density at radius 3 is 2.74 bits per heavy atom. The van der Waals surface area contributed by atoms with Crippen molar-refractivity contribution in [3.63, 3.8) is 0 Å². The molecule has 0 unspecified atom stereocenters. The topological polar surface area (TPSA) is 59.8 Å². The normalized spacial score (nSPS) is 16.3. The number of rotatable bonds is 3. The van der Waals surface area contributed by atoms with Gasteiger partial charge in [-0.25, -0.2) is 4.79 Å². The second-order valence-corrected chi connectivity index (χ2v) is 5.85. The van der Waals surface area contributed by atoms with E-state index in [1.54, 1.807) is 24.8 Å². The Kier molecular flexibility index (Phi) is 3.94. The molecule has 5 nitrogen and oxygen atoms in total. The maximum Gasteiger partial charge on any atom is 0.342 e. The van der Waals surface area contributed by atoms with Crippen LogP contribution in [0, 0.1) is 13.8 Å². The summed E-state index contributed by atoms with van der Waals surface area (Å²) < 4.78 is 10.5. The number of esters is 1. The molecule has 2 aromatic rings. The van der Waals surface area contributed by atoms with Crippen LogP contribution in [0.5, 0.6) is 0 Å². The molecule has 23 heavy (non-hydrogen) atoms. The van der Waals surface area contributed by atoms with Crippen molar-refractivity contribution in [3.05, 3.63) is 53.0 Å². The average Bonchev–Trinajstić information content (AvgIpc) is 3.02. The Morgan fingerprint density at radius 2 is 2.04 bits per heavy atom.